The highest BCUT2D eigenvalue weighted by Gasteiger charge is 2.24. The number of carbonyl (C=O) groups is 1. The fourth-order valence-corrected chi connectivity index (χ4v) is 2.31. The smallest absolute Gasteiger partial charge is 0.253 e. The lowest BCUT2D eigenvalue weighted by Gasteiger charge is -2.25. The van der Waals surface area contributed by atoms with E-state index in [2.05, 4.69) is 28.2 Å². The Labute approximate surface area is 110 Å². The van der Waals surface area contributed by atoms with Gasteiger partial charge in [0.15, 0.2) is 0 Å². The molecule has 0 saturated heterocycles. The molecule has 17 heavy (non-hydrogen) atoms. The second kappa shape index (κ2) is 5.65. The minimum atomic E-state index is -0.184. The number of hydrogen-bond donors (Lipinski definition) is 1. The first-order valence-corrected chi connectivity index (χ1v) is 6.71. The number of hydrogen-bond acceptors (Lipinski definition) is 2. The topological polar surface area (TPSA) is 38.3 Å². The predicted octanol–water partition coefficient (Wildman–Crippen LogP) is 2.88. The van der Waals surface area contributed by atoms with Crippen molar-refractivity contribution in [3.05, 3.63) is 33.8 Å². The van der Waals surface area contributed by atoms with E-state index < -0.39 is 0 Å². The molecule has 1 aliphatic rings. The van der Waals surface area contributed by atoms with E-state index in [-0.39, 0.29) is 12.1 Å². The Morgan fingerprint density at radius 1 is 1.53 bits per heavy atom. The minimum Gasteiger partial charge on any atom is -0.358 e. The van der Waals surface area contributed by atoms with E-state index in [1.807, 2.05) is 18.2 Å². The molecular formula is C13H16BrNO2. The van der Waals surface area contributed by atoms with E-state index in [1.54, 1.807) is 0 Å². The van der Waals surface area contributed by atoms with E-state index in [4.69, 9.17) is 4.74 Å². The van der Waals surface area contributed by atoms with Crippen LogP contribution in [-0.4, -0.2) is 18.7 Å². The molecule has 0 bridgehead atoms. The summed E-state index contributed by atoms with van der Waals surface area (Å²) >= 11 is 3.42. The monoisotopic (exact) mass is 297 g/mol. The normalized spacial score (nSPS) is 18.7. The maximum atomic E-state index is 11.8. The molecule has 0 radical (unpaired) electrons. The van der Waals surface area contributed by atoms with Crippen molar-refractivity contribution in [3.63, 3.8) is 0 Å². The SMILES string of the molecule is CCCCOC1Cc2cc(Br)ccc2C(=O)N1. The summed E-state index contributed by atoms with van der Waals surface area (Å²) < 4.78 is 6.64. The third-order valence-corrected chi connectivity index (χ3v) is 3.32. The van der Waals surface area contributed by atoms with Gasteiger partial charge in [0.05, 0.1) is 0 Å². The van der Waals surface area contributed by atoms with Crippen molar-refractivity contribution in [2.24, 2.45) is 0 Å². The van der Waals surface area contributed by atoms with Crippen LogP contribution in [0.15, 0.2) is 22.7 Å². The van der Waals surface area contributed by atoms with Gasteiger partial charge in [-0.2, -0.15) is 0 Å². The van der Waals surface area contributed by atoms with Gasteiger partial charge in [0.25, 0.3) is 5.91 Å². The number of halogens is 1. The largest absolute Gasteiger partial charge is 0.358 e. The van der Waals surface area contributed by atoms with Crippen LogP contribution in [0.5, 0.6) is 0 Å². The van der Waals surface area contributed by atoms with E-state index in [0.717, 1.165) is 34.9 Å². The van der Waals surface area contributed by atoms with Crippen molar-refractivity contribution in [3.8, 4) is 0 Å². The molecule has 0 aromatic heterocycles. The van der Waals surface area contributed by atoms with Gasteiger partial charge in [-0.1, -0.05) is 29.3 Å². The number of amides is 1. The minimum absolute atomic E-state index is 0.0414. The van der Waals surface area contributed by atoms with E-state index >= 15 is 0 Å². The number of unbranched alkanes of at least 4 members (excludes halogenated alkanes) is 1. The summed E-state index contributed by atoms with van der Waals surface area (Å²) in [5.74, 6) is -0.0414. The average molecular weight is 298 g/mol. The van der Waals surface area contributed by atoms with Gasteiger partial charge in [0.1, 0.15) is 6.23 Å². The highest BCUT2D eigenvalue weighted by atomic mass is 79.9. The lowest BCUT2D eigenvalue weighted by Crippen LogP contribution is -2.43. The van der Waals surface area contributed by atoms with Crippen LogP contribution in [0.1, 0.15) is 35.7 Å². The molecule has 4 heteroatoms. The maximum absolute atomic E-state index is 11.8. The zero-order valence-corrected chi connectivity index (χ0v) is 11.4. The predicted molar refractivity (Wildman–Crippen MR) is 70.0 cm³/mol. The molecule has 2 rings (SSSR count). The standard InChI is InChI=1S/C13H16BrNO2/c1-2-3-6-17-12-8-9-7-10(14)4-5-11(9)13(16)15-12/h4-5,7,12H,2-3,6,8H2,1H3,(H,15,16). The molecule has 1 aliphatic heterocycles. The van der Waals surface area contributed by atoms with Gasteiger partial charge < -0.3 is 10.1 Å². The maximum Gasteiger partial charge on any atom is 0.253 e. The van der Waals surface area contributed by atoms with Gasteiger partial charge >= 0.3 is 0 Å². The molecule has 1 amide bonds. The lowest BCUT2D eigenvalue weighted by atomic mass is 9.99. The van der Waals surface area contributed by atoms with Gasteiger partial charge in [0, 0.05) is 23.1 Å². The second-order valence-electron chi connectivity index (χ2n) is 4.19. The first-order valence-electron chi connectivity index (χ1n) is 5.91. The van der Waals surface area contributed by atoms with Crippen molar-refractivity contribution in [1.29, 1.82) is 0 Å². The Hall–Kier alpha value is -0.870. The van der Waals surface area contributed by atoms with Crippen LogP contribution < -0.4 is 5.32 Å². The first-order chi connectivity index (χ1) is 8.20. The molecule has 1 aromatic rings. The van der Waals surface area contributed by atoms with E-state index in [0.29, 0.717) is 6.61 Å². The first kappa shape index (κ1) is 12.6. The fourth-order valence-electron chi connectivity index (χ4n) is 1.90. The summed E-state index contributed by atoms with van der Waals surface area (Å²) in [5, 5.41) is 2.87. The van der Waals surface area contributed by atoms with Crippen LogP contribution in [0.25, 0.3) is 0 Å². The molecule has 0 aliphatic carbocycles. The highest BCUT2D eigenvalue weighted by Crippen LogP contribution is 2.21. The number of ether oxygens (including phenoxy) is 1. The molecule has 1 heterocycles. The summed E-state index contributed by atoms with van der Waals surface area (Å²) in [5.41, 5.74) is 1.80. The number of benzene rings is 1. The Balaban J connectivity index is 2.06. The van der Waals surface area contributed by atoms with Gasteiger partial charge in [-0.3, -0.25) is 4.79 Å². The summed E-state index contributed by atoms with van der Waals surface area (Å²) in [6.45, 7) is 2.82. The van der Waals surface area contributed by atoms with E-state index in [9.17, 15) is 4.79 Å². The van der Waals surface area contributed by atoms with Crippen LogP contribution in [0.3, 0.4) is 0 Å². The van der Waals surface area contributed by atoms with Crippen LogP contribution in [0.4, 0.5) is 0 Å². The molecule has 0 fully saturated rings. The van der Waals surface area contributed by atoms with Crippen molar-refractivity contribution < 1.29 is 9.53 Å². The zero-order valence-electron chi connectivity index (χ0n) is 9.83. The summed E-state index contributed by atoms with van der Waals surface area (Å²) in [7, 11) is 0. The van der Waals surface area contributed by atoms with Crippen molar-refractivity contribution in [2.75, 3.05) is 6.61 Å². The molecule has 1 unspecified atom stereocenters. The summed E-state index contributed by atoms with van der Waals surface area (Å²) in [6.07, 6.45) is 2.68. The Kier molecular flexibility index (Phi) is 4.18. The van der Waals surface area contributed by atoms with Gasteiger partial charge in [-0.05, 0) is 30.2 Å². The van der Waals surface area contributed by atoms with Crippen LogP contribution in [-0.2, 0) is 11.2 Å². The molecule has 1 aromatic carbocycles. The summed E-state index contributed by atoms with van der Waals surface area (Å²) in [4.78, 5) is 11.8. The molecule has 1 atom stereocenters. The number of nitrogens with one attached hydrogen (secondary N) is 1. The number of fused-ring (bicyclic) bond motifs is 1. The Morgan fingerprint density at radius 3 is 3.12 bits per heavy atom. The van der Waals surface area contributed by atoms with Crippen molar-refractivity contribution in [2.45, 2.75) is 32.4 Å². The van der Waals surface area contributed by atoms with Crippen molar-refractivity contribution >= 4 is 21.8 Å². The van der Waals surface area contributed by atoms with Gasteiger partial charge in [-0.25, -0.2) is 0 Å². The number of carbonyl (C=O) groups excluding carboxylic acids is 1. The molecule has 0 saturated carbocycles. The molecular weight excluding hydrogens is 282 g/mol. The van der Waals surface area contributed by atoms with Crippen LogP contribution in [0, 0.1) is 0 Å². The molecule has 1 N–H and O–H groups in total. The Bertz CT molecular complexity index is 420. The molecule has 92 valence electrons. The third-order valence-electron chi connectivity index (χ3n) is 2.83. The third kappa shape index (κ3) is 3.07. The quantitative estimate of drug-likeness (QED) is 0.868. The molecule has 0 spiro atoms. The molecule has 3 nitrogen and oxygen atoms in total. The highest BCUT2D eigenvalue weighted by molar-refractivity contribution is 9.10. The van der Waals surface area contributed by atoms with Crippen LogP contribution >= 0.6 is 15.9 Å². The van der Waals surface area contributed by atoms with E-state index in [1.165, 1.54) is 0 Å². The Morgan fingerprint density at radius 2 is 2.35 bits per heavy atom. The van der Waals surface area contributed by atoms with Gasteiger partial charge in [-0.15, -0.1) is 0 Å². The van der Waals surface area contributed by atoms with Gasteiger partial charge in [0.2, 0.25) is 0 Å². The lowest BCUT2D eigenvalue weighted by molar-refractivity contribution is 0.0232. The number of rotatable bonds is 4. The van der Waals surface area contributed by atoms with Crippen LogP contribution in [0.2, 0.25) is 0 Å². The fraction of sp³-hybridized carbons (Fsp3) is 0.462. The average Bonchev–Trinajstić information content (AvgIpc) is 2.28. The second-order valence-corrected chi connectivity index (χ2v) is 5.11. The zero-order chi connectivity index (χ0) is 12.3. The van der Waals surface area contributed by atoms with Crippen molar-refractivity contribution in [1.82, 2.24) is 5.32 Å². The summed E-state index contributed by atoms with van der Waals surface area (Å²) in [6, 6.07) is 5.72.